The molecular weight excluding hydrogens is 310 g/mol. The van der Waals surface area contributed by atoms with Gasteiger partial charge >= 0.3 is 0 Å². The SMILES string of the molecule is OC[C@@H](O)c1cc2n(n1)CCN(Cc1csc3ccccc13)C2. The van der Waals surface area contributed by atoms with Gasteiger partial charge in [0.05, 0.1) is 24.5 Å². The molecule has 120 valence electrons. The average molecular weight is 329 g/mol. The molecule has 2 N–H and O–H groups in total. The molecule has 3 aromatic rings. The van der Waals surface area contributed by atoms with Crippen LogP contribution in [0.2, 0.25) is 0 Å². The molecular formula is C17H19N3O2S. The van der Waals surface area contributed by atoms with Crippen LogP contribution >= 0.6 is 11.3 Å². The predicted octanol–water partition coefficient (Wildman–Crippen LogP) is 2.14. The first-order chi connectivity index (χ1) is 11.2. The van der Waals surface area contributed by atoms with Gasteiger partial charge in [0, 0.05) is 24.3 Å². The standard InChI is InChI=1S/C17H19N3O2S/c21-10-16(22)15-7-13-9-19(5-6-20(13)18-15)8-12-11-23-17-4-2-1-3-14(12)17/h1-4,7,11,16,21-22H,5-6,8-10H2/t16-/m1/s1. The zero-order chi connectivity index (χ0) is 15.8. The Bertz CT molecular complexity index is 826. The molecule has 0 aliphatic carbocycles. The summed E-state index contributed by atoms with van der Waals surface area (Å²) >= 11 is 1.79. The number of benzene rings is 1. The van der Waals surface area contributed by atoms with E-state index in [1.807, 2.05) is 10.7 Å². The Labute approximate surface area is 138 Å². The van der Waals surface area contributed by atoms with E-state index in [2.05, 4.69) is 39.6 Å². The van der Waals surface area contributed by atoms with Gasteiger partial charge in [-0.15, -0.1) is 11.3 Å². The summed E-state index contributed by atoms with van der Waals surface area (Å²) in [5.74, 6) is 0. The third-order valence-corrected chi connectivity index (χ3v) is 5.38. The molecule has 0 unspecified atom stereocenters. The smallest absolute Gasteiger partial charge is 0.121 e. The molecule has 0 spiro atoms. The van der Waals surface area contributed by atoms with E-state index >= 15 is 0 Å². The summed E-state index contributed by atoms with van der Waals surface area (Å²) in [6, 6.07) is 10.4. The van der Waals surface area contributed by atoms with Crippen LogP contribution in [0.4, 0.5) is 0 Å². The fourth-order valence-electron chi connectivity index (χ4n) is 3.13. The quantitative estimate of drug-likeness (QED) is 0.770. The maximum Gasteiger partial charge on any atom is 0.121 e. The minimum atomic E-state index is -0.887. The normalized spacial score (nSPS) is 16.6. The second-order valence-electron chi connectivity index (χ2n) is 5.95. The molecule has 0 amide bonds. The molecule has 0 saturated carbocycles. The highest BCUT2D eigenvalue weighted by atomic mass is 32.1. The van der Waals surface area contributed by atoms with Crippen molar-refractivity contribution in [3.63, 3.8) is 0 Å². The Morgan fingerprint density at radius 2 is 2.13 bits per heavy atom. The third kappa shape index (κ3) is 2.79. The summed E-state index contributed by atoms with van der Waals surface area (Å²) in [5, 5.41) is 26.8. The summed E-state index contributed by atoms with van der Waals surface area (Å²) < 4.78 is 3.27. The largest absolute Gasteiger partial charge is 0.393 e. The monoisotopic (exact) mass is 329 g/mol. The summed E-state index contributed by atoms with van der Waals surface area (Å²) in [7, 11) is 0. The van der Waals surface area contributed by atoms with Gasteiger partial charge in [0.2, 0.25) is 0 Å². The Kier molecular flexibility index (Phi) is 3.90. The molecule has 6 heteroatoms. The van der Waals surface area contributed by atoms with Gasteiger partial charge in [0.1, 0.15) is 6.10 Å². The van der Waals surface area contributed by atoms with Crippen LogP contribution in [0.25, 0.3) is 10.1 Å². The van der Waals surface area contributed by atoms with E-state index in [4.69, 9.17) is 5.11 Å². The molecule has 2 aromatic heterocycles. The van der Waals surface area contributed by atoms with Crippen molar-refractivity contribution in [1.29, 1.82) is 0 Å². The third-order valence-electron chi connectivity index (χ3n) is 4.37. The van der Waals surface area contributed by atoms with E-state index < -0.39 is 6.10 Å². The first-order valence-corrected chi connectivity index (χ1v) is 8.65. The number of nitrogens with zero attached hydrogens (tertiary/aromatic N) is 3. The van der Waals surface area contributed by atoms with E-state index in [-0.39, 0.29) is 6.61 Å². The topological polar surface area (TPSA) is 61.5 Å². The van der Waals surface area contributed by atoms with Gasteiger partial charge in [-0.2, -0.15) is 5.10 Å². The maximum absolute atomic E-state index is 9.73. The first-order valence-electron chi connectivity index (χ1n) is 7.77. The maximum atomic E-state index is 9.73. The van der Waals surface area contributed by atoms with Crippen LogP contribution in [0.15, 0.2) is 35.7 Å². The predicted molar refractivity (Wildman–Crippen MR) is 90.2 cm³/mol. The number of thiophene rings is 1. The van der Waals surface area contributed by atoms with Crippen molar-refractivity contribution in [3.8, 4) is 0 Å². The lowest BCUT2D eigenvalue weighted by Gasteiger charge is -2.27. The second kappa shape index (κ2) is 6.05. The summed E-state index contributed by atoms with van der Waals surface area (Å²) in [6.45, 7) is 3.20. The van der Waals surface area contributed by atoms with Crippen molar-refractivity contribution in [2.45, 2.75) is 25.7 Å². The fourth-order valence-corrected chi connectivity index (χ4v) is 4.08. The van der Waals surface area contributed by atoms with Crippen LogP contribution in [-0.2, 0) is 19.6 Å². The molecule has 4 rings (SSSR count). The number of hydrogen-bond donors (Lipinski definition) is 2. The molecule has 1 aliphatic heterocycles. The molecule has 0 radical (unpaired) electrons. The lowest BCUT2D eigenvalue weighted by atomic mass is 10.1. The lowest BCUT2D eigenvalue weighted by Crippen LogP contribution is -2.33. The molecule has 1 aliphatic rings. The van der Waals surface area contributed by atoms with Crippen LogP contribution in [0.3, 0.4) is 0 Å². The Morgan fingerprint density at radius 3 is 3.00 bits per heavy atom. The van der Waals surface area contributed by atoms with Crippen molar-refractivity contribution in [2.75, 3.05) is 13.2 Å². The zero-order valence-corrected chi connectivity index (χ0v) is 13.5. The molecule has 0 bridgehead atoms. The number of rotatable bonds is 4. The molecule has 5 nitrogen and oxygen atoms in total. The molecule has 3 heterocycles. The number of fused-ring (bicyclic) bond motifs is 2. The van der Waals surface area contributed by atoms with Gasteiger partial charge in [-0.1, -0.05) is 18.2 Å². The highest BCUT2D eigenvalue weighted by Crippen LogP contribution is 2.28. The van der Waals surface area contributed by atoms with Crippen molar-refractivity contribution >= 4 is 21.4 Å². The van der Waals surface area contributed by atoms with E-state index in [0.717, 1.165) is 31.9 Å². The van der Waals surface area contributed by atoms with Crippen molar-refractivity contribution in [3.05, 3.63) is 52.7 Å². The molecule has 0 saturated heterocycles. The van der Waals surface area contributed by atoms with Crippen LogP contribution in [0, 0.1) is 0 Å². The second-order valence-corrected chi connectivity index (χ2v) is 6.86. The molecule has 23 heavy (non-hydrogen) atoms. The Morgan fingerprint density at radius 1 is 1.26 bits per heavy atom. The average Bonchev–Trinajstić information content (AvgIpc) is 3.18. The van der Waals surface area contributed by atoms with Crippen molar-refractivity contribution in [1.82, 2.24) is 14.7 Å². The van der Waals surface area contributed by atoms with Gasteiger partial charge in [-0.05, 0) is 28.5 Å². The zero-order valence-electron chi connectivity index (χ0n) is 12.7. The number of aliphatic hydroxyl groups excluding tert-OH is 2. The summed E-state index contributed by atoms with van der Waals surface area (Å²) in [4.78, 5) is 2.40. The van der Waals surface area contributed by atoms with E-state index in [1.165, 1.54) is 15.6 Å². The van der Waals surface area contributed by atoms with Crippen LogP contribution in [0.1, 0.15) is 23.1 Å². The van der Waals surface area contributed by atoms with E-state index in [9.17, 15) is 5.11 Å². The van der Waals surface area contributed by atoms with Crippen molar-refractivity contribution < 1.29 is 10.2 Å². The van der Waals surface area contributed by atoms with E-state index in [1.54, 1.807) is 11.3 Å². The van der Waals surface area contributed by atoms with Crippen LogP contribution < -0.4 is 0 Å². The van der Waals surface area contributed by atoms with Gasteiger partial charge in [-0.3, -0.25) is 9.58 Å². The fraction of sp³-hybridized carbons (Fsp3) is 0.353. The summed E-state index contributed by atoms with van der Waals surface area (Å²) in [6.07, 6.45) is -0.887. The Balaban J connectivity index is 1.53. The van der Waals surface area contributed by atoms with Gasteiger partial charge < -0.3 is 10.2 Å². The minimum Gasteiger partial charge on any atom is -0.393 e. The number of aromatic nitrogens is 2. The van der Waals surface area contributed by atoms with Gasteiger partial charge in [-0.25, -0.2) is 0 Å². The van der Waals surface area contributed by atoms with Crippen LogP contribution in [-0.4, -0.2) is 38.0 Å². The van der Waals surface area contributed by atoms with Gasteiger partial charge in [0.25, 0.3) is 0 Å². The van der Waals surface area contributed by atoms with Crippen molar-refractivity contribution in [2.24, 2.45) is 0 Å². The van der Waals surface area contributed by atoms with Crippen LogP contribution in [0.5, 0.6) is 0 Å². The van der Waals surface area contributed by atoms with E-state index in [0.29, 0.717) is 5.69 Å². The molecule has 1 aromatic carbocycles. The van der Waals surface area contributed by atoms with Gasteiger partial charge in [0.15, 0.2) is 0 Å². The molecule has 0 fully saturated rings. The minimum absolute atomic E-state index is 0.291. The highest BCUT2D eigenvalue weighted by molar-refractivity contribution is 7.17. The summed E-state index contributed by atoms with van der Waals surface area (Å²) in [5.41, 5.74) is 3.03. The highest BCUT2D eigenvalue weighted by Gasteiger charge is 2.21. The number of hydrogen-bond acceptors (Lipinski definition) is 5. The molecule has 1 atom stereocenters. The Hall–Kier alpha value is -1.73. The first kappa shape index (κ1) is 14.8. The number of aliphatic hydroxyl groups is 2. The lowest BCUT2D eigenvalue weighted by molar-refractivity contribution is 0.0915.